The fraction of sp³-hybridized carbons (Fsp3) is 0.455. The third-order valence-electron chi connectivity index (χ3n) is 2.62. The molecule has 1 N–H and O–H groups in total. The highest BCUT2D eigenvalue weighted by Crippen LogP contribution is 2.28. The van der Waals surface area contributed by atoms with Crippen molar-refractivity contribution < 1.29 is 4.39 Å². The van der Waals surface area contributed by atoms with Gasteiger partial charge in [0.1, 0.15) is 6.17 Å². The zero-order chi connectivity index (χ0) is 9.97. The first-order chi connectivity index (χ1) is 6.75. The minimum absolute atomic E-state index is 0.518. The van der Waals surface area contributed by atoms with Gasteiger partial charge in [0.15, 0.2) is 0 Å². The first-order valence-corrected chi connectivity index (χ1v) is 5.65. The van der Waals surface area contributed by atoms with Crippen molar-refractivity contribution in [2.75, 3.05) is 13.1 Å². The summed E-state index contributed by atoms with van der Waals surface area (Å²) in [5.41, 5.74) is 0.784. The third kappa shape index (κ3) is 2.34. The lowest BCUT2D eigenvalue weighted by molar-refractivity contribution is 0.224. The summed E-state index contributed by atoms with van der Waals surface area (Å²) in [6.45, 7) is 1.93. The van der Waals surface area contributed by atoms with Crippen molar-refractivity contribution in [1.29, 1.82) is 0 Å². The molecule has 0 bridgehead atoms. The van der Waals surface area contributed by atoms with Crippen LogP contribution in [-0.2, 0) is 0 Å². The lowest BCUT2D eigenvalue weighted by atomic mass is 9.93. The van der Waals surface area contributed by atoms with Gasteiger partial charge < -0.3 is 5.32 Å². The molecule has 1 atom stereocenters. The normalized spacial score (nSPS) is 19.0. The predicted octanol–water partition coefficient (Wildman–Crippen LogP) is 3.07. The first-order valence-electron chi connectivity index (χ1n) is 4.86. The molecule has 0 amide bonds. The second kappa shape index (κ2) is 4.41. The maximum absolute atomic E-state index is 13.7. The van der Waals surface area contributed by atoms with Crippen LogP contribution in [0.4, 0.5) is 4.39 Å². The molecule has 1 aliphatic rings. The number of alkyl halides is 1. The highest BCUT2D eigenvalue weighted by atomic mass is 79.9. The van der Waals surface area contributed by atoms with E-state index >= 15 is 0 Å². The van der Waals surface area contributed by atoms with Gasteiger partial charge in [-0.05, 0) is 43.1 Å². The van der Waals surface area contributed by atoms with E-state index in [0.717, 1.165) is 23.1 Å². The van der Waals surface area contributed by atoms with Crippen LogP contribution in [0.1, 0.15) is 18.2 Å². The molecule has 1 unspecified atom stereocenters. The Hall–Kier alpha value is -0.410. The molecule has 1 heterocycles. The van der Waals surface area contributed by atoms with E-state index < -0.39 is 6.17 Å². The number of hydrogen-bond acceptors (Lipinski definition) is 1. The van der Waals surface area contributed by atoms with E-state index in [1.807, 2.05) is 24.3 Å². The van der Waals surface area contributed by atoms with Crippen LogP contribution >= 0.6 is 15.9 Å². The quantitative estimate of drug-likeness (QED) is 0.878. The van der Waals surface area contributed by atoms with Gasteiger partial charge in [-0.2, -0.15) is 0 Å². The van der Waals surface area contributed by atoms with Gasteiger partial charge in [-0.25, -0.2) is 4.39 Å². The van der Waals surface area contributed by atoms with Crippen LogP contribution < -0.4 is 5.32 Å². The Morgan fingerprint density at radius 2 is 2.29 bits per heavy atom. The molecule has 0 radical (unpaired) electrons. The minimum atomic E-state index is -0.820. The standard InChI is InChI=1S/C11H13BrFN/c12-10-3-1-2-9(5-10)11(13)4-8-6-14-7-8/h1-3,5,8,11,14H,4,6-7H2. The van der Waals surface area contributed by atoms with E-state index in [9.17, 15) is 4.39 Å². The van der Waals surface area contributed by atoms with Gasteiger partial charge in [-0.1, -0.05) is 28.1 Å². The van der Waals surface area contributed by atoms with E-state index in [2.05, 4.69) is 21.2 Å². The molecule has 76 valence electrons. The molecule has 14 heavy (non-hydrogen) atoms. The smallest absolute Gasteiger partial charge is 0.126 e. The Morgan fingerprint density at radius 3 is 2.86 bits per heavy atom. The topological polar surface area (TPSA) is 12.0 Å². The summed E-state index contributed by atoms with van der Waals surface area (Å²) >= 11 is 3.35. The Bertz CT molecular complexity index is 312. The van der Waals surface area contributed by atoms with Crippen molar-refractivity contribution in [2.45, 2.75) is 12.6 Å². The molecule has 1 aromatic carbocycles. The molecule has 2 rings (SSSR count). The van der Waals surface area contributed by atoms with Crippen LogP contribution in [-0.4, -0.2) is 13.1 Å². The van der Waals surface area contributed by atoms with Crippen molar-refractivity contribution in [3.63, 3.8) is 0 Å². The maximum Gasteiger partial charge on any atom is 0.126 e. The van der Waals surface area contributed by atoms with Crippen LogP contribution in [0.15, 0.2) is 28.7 Å². The van der Waals surface area contributed by atoms with Gasteiger partial charge in [0.05, 0.1) is 0 Å². The zero-order valence-corrected chi connectivity index (χ0v) is 9.43. The highest BCUT2D eigenvalue weighted by Gasteiger charge is 2.22. The van der Waals surface area contributed by atoms with Crippen molar-refractivity contribution in [3.8, 4) is 0 Å². The fourth-order valence-electron chi connectivity index (χ4n) is 1.65. The summed E-state index contributed by atoms with van der Waals surface area (Å²) in [7, 11) is 0. The summed E-state index contributed by atoms with van der Waals surface area (Å²) in [4.78, 5) is 0. The number of rotatable bonds is 3. The van der Waals surface area contributed by atoms with E-state index in [-0.39, 0.29) is 0 Å². The van der Waals surface area contributed by atoms with Crippen molar-refractivity contribution in [2.24, 2.45) is 5.92 Å². The fourth-order valence-corrected chi connectivity index (χ4v) is 2.06. The molecule has 1 nitrogen and oxygen atoms in total. The van der Waals surface area contributed by atoms with Crippen LogP contribution in [0.25, 0.3) is 0 Å². The lowest BCUT2D eigenvalue weighted by Gasteiger charge is -2.28. The SMILES string of the molecule is FC(CC1CNC1)c1cccc(Br)c1. The molecule has 0 spiro atoms. The molecule has 0 aliphatic carbocycles. The van der Waals surface area contributed by atoms with Gasteiger partial charge in [-0.15, -0.1) is 0 Å². The molecule has 1 saturated heterocycles. The van der Waals surface area contributed by atoms with Gasteiger partial charge in [0, 0.05) is 4.47 Å². The van der Waals surface area contributed by atoms with Crippen LogP contribution in [0.3, 0.4) is 0 Å². The van der Waals surface area contributed by atoms with E-state index in [0.29, 0.717) is 12.3 Å². The molecular weight excluding hydrogens is 245 g/mol. The molecule has 3 heteroatoms. The predicted molar refractivity (Wildman–Crippen MR) is 59.0 cm³/mol. The van der Waals surface area contributed by atoms with Gasteiger partial charge in [0.2, 0.25) is 0 Å². The van der Waals surface area contributed by atoms with E-state index in [4.69, 9.17) is 0 Å². The molecular formula is C11H13BrFN. The average Bonchev–Trinajstić information content (AvgIpc) is 2.11. The van der Waals surface area contributed by atoms with Gasteiger partial charge in [-0.3, -0.25) is 0 Å². The zero-order valence-electron chi connectivity index (χ0n) is 7.84. The van der Waals surface area contributed by atoms with E-state index in [1.165, 1.54) is 0 Å². The van der Waals surface area contributed by atoms with Crippen molar-refractivity contribution in [1.82, 2.24) is 5.32 Å². The number of hydrogen-bond donors (Lipinski definition) is 1. The molecule has 1 fully saturated rings. The summed E-state index contributed by atoms with van der Waals surface area (Å²) in [6, 6.07) is 7.50. The average molecular weight is 258 g/mol. The Labute approximate surface area is 91.8 Å². The highest BCUT2D eigenvalue weighted by molar-refractivity contribution is 9.10. The monoisotopic (exact) mass is 257 g/mol. The molecule has 1 aromatic rings. The van der Waals surface area contributed by atoms with Crippen LogP contribution in [0, 0.1) is 5.92 Å². The van der Waals surface area contributed by atoms with Gasteiger partial charge in [0.25, 0.3) is 0 Å². The number of nitrogens with one attached hydrogen (secondary N) is 1. The maximum atomic E-state index is 13.7. The Balaban J connectivity index is 1.98. The Morgan fingerprint density at radius 1 is 1.50 bits per heavy atom. The number of halogens is 2. The molecule has 0 saturated carbocycles. The molecule has 1 aliphatic heterocycles. The number of benzene rings is 1. The third-order valence-corrected chi connectivity index (χ3v) is 3.11. The van der Waals surface area contributed by atoms with E-state index in [1.54, 1.807) is 0 Å². The summed E-state index contributed by atoms with van der Waals surface area (Å²) < 4.78 is 14.7. The summed E-state index contributed by atoms with van der Waals surface area (Å²) in [5, 5.41) is 3.15. The minimum Gasteiger partial charge on any atom is -0.316 e. The summed E-state index contributed by atoms with van der Waals surface area (Å²) in [6.07, 6.45) is -0.178. The lowest BCUT2D eigenvalue weighted by Crippen LogP contribution is -2.42. The largest absolute Gasteiger partial charge is 0.316 e. The van der Waals surface area contributed by atoms with Crippen LogP contribution in [0.5, 0.6) is 0 Å². The van der Waals surface area contributed by atoms with Crippen LogP contribution in [0.2, 0.25) is 0 Å². The second-order valence-electron chi connectivity index (χ2n) is 3.78. The first kappa shape index (κ1) is 10.1. The molecule has 0 aromatic heterocycles. The summed E-state index contributed by atoms with van der Waals surface area (Å²) in [5.74, 6) is 0.518. The van der Waals surface area contributed by atoms with Gasteiger partial charge >= 0.3 is 0 Å². The van der Waals surface area contributed by atoms with Crippen molar-refractivity contribution >= 4 is 15.9 Å². The Kier molecular flexibility index (Phi) is 3.19. The second-order valence-corrected chi connectivity index (χ2v) is 4.70. The van der Waals surface area contributed by atoms with Crippen molar-refractivity contribution in [3.05, 3.63) is 34.3 Å².